The molecule has 0 atom stereocenters. The van der Waals surface area contributed by atoms with Gasteiger partial charge in [0.25, 0.3) is 0 Å². The van der Waals surface area contributed by atoms with Crippen molar-refractivity contribution in [3.63, 3.8) is 0 Å². The minimum Gasteiger partial charge on any atom is -0.381 e. The van der Waals surface area contributed by atoms with Crippen molar-refractivity contribution in [2.24, 2.45) is 5.92 Å². The molecule has 1 aliphatic heterocycles. The summed E-state index contributed by atoms with van der Waals surface area (Å²) < 4.78 is 7.40. The van der Waals surface area contributed by atoms with Crippen LogP contribution in [0, 0.1) is 5.92 Å². The van der Waals surface area contributed by atoms with Crippen molar-refractivity contribution in [1.29, 1.82) is 0 Å². The molecule has 2 rings (SSSR count). The van der Waals surface area contributed by atoms with E-state index in [4.69, 9.17) is 4.74 Å². The molecule has 1 aliphatic rings. The SMILES string of the molecule is C=CCn1ccnc1NCC1CCOCC1. The molecule has 0 saturated carbocycles. The fraction of sp³-hybridized carbons (Fsp3) is 0.583. The molecule has 0 aliphatic carbocycles. The Morgan fingerprint density at radius 3 is 3.12 bits per heavy atom. The van der Waals surface area contributed by atoms with Crippen LogP contribution in [0.15, 0.2) is 25.0 Å². The summed E-state index contributed by atoms with van der Waals surface area (Å²) in [6, 6.07) is 0. The average Bonchev–Trinajstić information content (AvgIpc) is 2.76. The Balaban J connectivity index is 1.83. The number of rotatable bonds is 5. The van der Waals surface area contributed by atoms with Crippen molar-refractivity contribution < 1.29 is 4.74 Å². The Bertz CT molecular complexity index is 329. The molecule has 4 nitrogen and oxygen atoms in total. The summed E-state index contributed by atoms with van der Waals surface area (Å²) in [5.74, 6) is 1.65. The van der Waals surface area contributed by atoms with Crippen molar-refractivity contribution in [2.45, 2.75) is 19.4 Å². The zero-order chi connectivity index (χ0) is 11.2. The van der Waals surface area contributed by atoms with Gasteiger partial charge in [0, 0.05) is 38.7 Å². The smallest absolute Gasteiger partial charge is 0.203 e. The Morgan fingerprint density at radius 2 is 2.38 bits per heavy atom. The van der Waals surface area contributed by atoms with Gasteiger partial charge in [0.1, 0.15) is 0 Å². The zero-order valence-corrected chi connectivity index (χ0v) is 9.56. The maximum absolute atomic E-state index is 5.34. The number of nitrogens with zero attached hydrogens (tertiary/aromatic N) is 2. The van der Waals surface area contributed by atoms with Crippen molar-refractivity contribution >= 4 is 5.95 Å². The van der Waals surface area contributed by atoms with E-state index in [-0.39, 0.29) is 0 Å². The number of hydrogen-bond donors (Lipinski definition) is 1. The molecule has 1 saturated heterocycles. The molecule has 1 fully saturated rings. The largest absolute Gasteiger partial charge is 0.381 e. The Morgan fingerprint density at radius 1 is 1.56 bits per heavy atom. The first-order valence-electron chi connectivity index (χ1n) is 5.84. The third-order valence-electron chi connectivity index (χ3n) is 2.93. The molecule has 1 N–H and O–H groups in total. The van der Waals surface area contributed by atoms with E-state index < -0.39 is 0 Å². The predicted octanol–water partition coefficient (Wildman–Crippen LogP) is 1.91. The van der Waals surface area contributed by atoms with Gasteiger partial charge in [-0.2, -0.15) is 0 Å². The molecule has 0 spiro atoms. The quantitative estimate of drug-likeness (QED) is 0.772. The standard InChI is InChI=1S/C12H19N3O/c1-2-6-15-7-5-13-12(15)14-10-11-3-8-16-9-4-11/h2,5,7,11H,1,3-4,6,8-10H2,(H,13,14). The fourth-order valence-corrected chi connectivity index (χ4v) is 1.95. The fourth-order valence-electron chi connectivity index (χ4n) is 1.95. The molecule has 4 heteroatoms. The van der Waals surface area contributed by atoms with Gasteiger partial charge in [-0.1, -0.05) is 6.08 Å². The molecule has 16 heavy (non-hydrogen) atoms. The van der Waals surface area contributed by atoms with Crippen LogP contribution in [0.25, 0.3) is 0 Å². The summed E-state index contributed by atoms with van der Waals surface area (Å²) in [7, 11) is 0. The molecule has 0 aromatic carbocycles. The Kier molecular flexibility index (Phi) is 3.99. The van der Waals surface area contributed by atoms with Gasteiger partial charge in [0.05, 0.1) is 0 Å². The van der Waals surface area contributed by atoms with Crippen molar-refractivity contribution in [1.82, 2.24) is 9.55 Å². The van der Waals surface area contributed by atoms with Crippen LogP contribution in [0.3, 0.4) is 0 Å². The van der Waals surface area contributed by atoms with Crippen LogP contribution in [0.1, 0.15) is 12.8 Å². The number of imidazole rings is 1. The normalized spacial score (nSPS) is 17.2. The second-order valence-corrected chi connectivity index (χ2v) is 4.13. The van der Waals surface area contributed by atoms with Gasteiger partial charge >= 0.3 is 0 Å². The summed E-state index contributed by atoms with van der Waals surface area (Å²) in [5, 5.41) is 3.40. The lowest BCUT2D eigenvalue weighted by molar-refractivity contribution is 0.0699. The topological polar surface area (TPSA) is 39.1 Å². The number of nitrogens with one attached hydrogen (secondary N) is 1. The van der Waals surface area contributed by atoms with Crippen LogP contribution in [-0.2, 0) is 11.3 Å². The maximum Gasteiger partial charge on any atom is 0.203 e. The third-order valence-corrected chi connectivity index (χ3v) is 2.93. The molecule has 2 heterocycles. The monoisotopic (exact) mass is 221 g/mol. The van der Waals surface area contributed by atoms with E-state index in [0.717, 1.165) is 45.1 Å². The first-order valence-corrected chi connectivity index (χ1v) is 5.84. The van der Waals surface area contributed by atoms with E-state index in [1.807, 2.05) is 18.5 Å². The number of allylic oxidation sites excluding steroid dienone is 1. The second-order valence-electron chi connectivity index (χ2n) is 4.13. The molecule has 0 radical (unpaired) electrons. The third kappa shape index (κ3) is 2.85. The van der Waals surface area contributed by atoms with E-state index in [2.05, 4.69) is 21.4 Å². The number of aromatic nitrogens is 2. The van der Waals surface area contributed by atoms with Crippen molar-refractivity contribution in [3.8, 4) is 0 Å². The summed E-state index contributed by atoms with van der Waals surface area (Å²) >= 11 is 0. The van der Waals surface area contributed by atoms with Gasteiger partial charge in [-0.15, -0.1) is 6.58 Å². The van der Waals surface area contributed by atoms with Crippen LogP contribution in [0.4, 0.5) is 5.95 Å². The van der Waals surface area contributed by atoms with Crippen molar-refractivity contribution in [3.05, 3.63) is 25.0 Å². The van der Waals surface area contributed by atoms with Crippen LogP contribution < -0.4 is 5.32 Å². The van der Waals surface area contributed by atoms with E-state index in [0.29, 0.717) is 5.92 Å². The Labute approximate surface area is 96.3 Å². The van der Waals surface area contributed by atoms with E-state index in [9.17, 15) is 0 Å². The van der Waals surface area contributed by atoms with Crippen LogP contribution in [0.5, 0.6) is 0 Å². The lowest BCUT2D eigenvalue weighted by atomic mass is 10.0. The van der Waals surface area contributed by atoms with Gasteiger partial charge in [-0.25, -0.2) is 4.98 Å². The Hall–Kier alpha value is -1.29. The van der Waals surface area contributed by atoms with Gasteiger partial charge < -0.3 is 14.6 Å². The van der Waals surface area contributed by atoms with Crippen LogP contribution in [-0.4, -0.2) is 29.3 Å². The number of ether oxygens (including phenoxy) is 1. The van der Waals surface area contributed by atoms with E-state index in [1.165, 1.54) is 0 Å². The van der Waals surface area contributed by atoms with Gasteiger partial charge in [0.15, 0.2) is 0 Å². The summed E-state index contributed by atoms with van der Waals surface area (Å²) in [4.78, 5) is 4.29. The highest BCUT2D eigenvalue weighted by Gasteiger charge is 2.14. The molecular weight excluding hydrogens is 202 g/mol. The molecule has 88 valence electrons. The van der Waals surface area contributed by atoms with Crippen LogP contribution >= 0.6 is 0 Å². The minimum atomic E-state index is 0.711. The van der Waals surface area contributed by atoms with Gasteiger partial charge in [0.2, 0.25) is 5.95 Å². The predicted molar refractivity (Wildman–Crippen MR) is 64.5 cm³/mol. The second kappa shape index (κ2) is 5.70. The maximum atomic E-state index is 5.34. The van der Waals surface area contributed by atoms with Gasteiger partial charge in [-0.05, 0) is 18.8 Å². The first-order chi connectivity index (χ1) is 7.90. The summed E-state index contributed by atoms with van der Waals surface area (Å²) in [6.07, 6.45) is 7.95. The minimum absolute atomic E-state index is 0.711. The lowest BCUT2D eigenvalue weighted by Crippen LogP contribution is -2.23. The average molecular weight is 221 g/mol. The van der Waals surface area contributed by atoms with Crippen LogP contribution in [0.2, 0.25) is 0 Å². The number of hydrogen-bond acceptors (Lipinski definition) is 3. The highest BCUT2D eigenvalue weighted by atomic mass is 16.5. The molecule has 0 amide bonds. The van der Waals surface area contributed by atoms with Crippen molar-refractivity contribution in [2.75, 3.05) is 25.1 Å². The lowest BCUT2D eigenvalue weighted by Gasteiger charge is -2.22. The van der Waals surface area contributed by atoms with E-state index >= 15 is 0 Å². The number of anilines is 1. The van der Waals surface area contributed by atoms with E-state index in [1.54, 1.807) is 0 Å². The first kappa shape index (κ1) is 11.2. The molecule has 1 aromatic rings. The highest BCUT2D eigenvalue weighted by molar-refractivity contribution is 5.26. The molecule has 0 unspecified atom stereocenters. The zero-order valence-electron chi connectivity index (χ0n) is 9.56. The molecular formula is C12H19N3O. The van der Waals surface area contributed by atoms with Gasteiger partial charge in [-0.3, -0.25) is 0 Å². The molecule has 1 aromatic heterocycles. The summed E-state index contributed by atoms with van der Waals surface area (Å²) in [5.41, 5.74) is 0. The molecule has 0 bridgehead atoms. The highest BCUT2D eigenvalue weighted by Crippen LogP contribution is 2.15. The summed E-state index contributed by atoms with van der Waals surface area (Å²) in [6.45, 7) is 7.31.